The van der Waals surface area contributed by atoms with E-state index in [1.807, 2.05) is 97.9 Å². The topological polar surface area (TPSA) is 84.1 Å². The molecule has 180 valence electrons. The molecule has 2 aromatic carbocycles. The van der Waals surface area contributed by atoms with Gasteiger partial charge in [-0.05, 0) is 79.2 Å². The summed E-state index contributed by atoms with van der Waals surface area (Å²) in [5.74, 6) is 0.111. The van der Waals surface area contributed by atoms with Crippen molar-refractivity contribution in [3.63, 3.8) is 0 Å². The molecule has 34 heavy (non-hydrogen) atoms. The van der Waals surface area contributed by atoms with E-state index in [9.17, 15) is 9.59 Å². The first-order valence-electron chi connectivity index (χ1n) is 11.2. The number of esters is 1. The number of amides is 1. The second-order valence-electron chi connectivity index (χ2n) is 9.97. The monoisotopic (exact) mass is 479 g/mol. The summed E-state index contributed by atoms with van der Waals surface area (Å²) in [6, 6.07) is 13.6. The number of aromatic amines is 1. The number of ether oxygens (including phenoxy) is 1. The lowest BCUT2D eigenvalue weighted by Crippen LogP contribution is -2.36. The van der Waals surface area contributed by atoms with E-state index in [1.165, 1.54) is 11.8 Å². The van der Waals surface area contributed by atoms with Gasteiger partial charge in [0.2, 0.25) is 0 Å². The number of aryl methyl sites for hydroxylation is 3. The molecule has 3 aromatic rings. The molecule has 7 heteroatoms. The molecule has 0 spiro atoms. The van der Waals surface area contributed by atoms with Gasteiger partial charge < -0.3 is 15.0 Å². The summed E-state index contributed by atoms with van der Waals surface area (Å²) in [7, 11) is 0. The van der Waals surface area contributed by atoms with Gasteiger partial charge in [-0.15, -0.1) is 11.8 Å². The predicted octanol–water partition coefficient (Wildman–Crippen LogP) is 6.47. The van der Waals surface area contributed by atoms with Crippen LogP contribution in [0.2, 0.25) is 0 Å². The summed E-state index contributed by atoms with van der Waals surface area (Å²) < 4.78 is 4.82. The van der Waals surface area contributed by atoms with Crippen LogP contribution in [0.15, 0.2) is 47.4 Å². The average Bonchev–Trinajstić information content (AvgIpc) is 3.11. The number of carbonyl (C=O) groups is 2. The van der Waals surface area contributed by atoms with Gasteiger partial charge in [0.05, 0.1) is 0 Å². The number of hydrogen-bond donors (Lipinski definition) is 2. The summed E-state index contributed by atoms with van der Waals surface area (Å²) in [6.45, 7) is 15.1. The van der Waals surface area contributed by atoms with Gasteiger partial charge in [-0.1, -0.05) is 29.8 Å². The van der Waals surface area contributed by atoms with E-state index in [-0.39, 0.29) is 11.9 Å². The summed E-state index contributed by atoms with van der Waals surface area (Å²) in [4.78, 5) is 34.1. The number of benzene rings is 2. The summed E-state index contributed by atoms with van der Waals surface area (Å²) in [6.07, 6.45) is 0. The van der Waals surface area contributed by atoms with Crippen LogP contribution in [0.1, 0.15) is 61.9 Å². The maximum absolute atomic E-state index is 12.8. The second-order valence-corrected chi connectivity index (χ2v) is 11.7. The second kappa shape index (κ2) is 9.66. The number of carbonyl (C=O) groups excluding carboxylic acids is 2. The van der Waals surface area contributed by atoms with Crippen LogP contribution in [0.25, 0.3) is 11.4 Å². The number of H-pyrrole nitrogens is 1. The minimum Gasteiger partial charge on any atom is -0.459 e. The molecule has 0 fully saturated rings. The maximum atomic E-state index is 12.8. The van der Waals surface area contributed by atoms with Crippen molar-refractivity contribution in [2.45, 2.75) is 70.6 Å². The van der Waals surface area contributed by atoms with Crippen LogP contribution in [0.4, 0.5) is 5.69 Å². The molecule has 0 aliphatic carbocycles. The Labute approximate surface area is 205 Å². The molecule has 0 saturated heterocycles. The lowest BCUT2D eigenvalue weighted by molar-refractivity contribution is -0.156. The Hall–Kier alpha value is -3.06. The van der Waals surface area contributed by atoms with Crippen molar-refractivity contribution in [1.29, 1.82) is 0 Å². The molecule has 2 N–H and O–H groups in total. The SMILES string of the molecule is Cc1ccc(NC(=O)c2nc(-c3ccc(SC(C)(C)C(=O)OC(C)(C)C)cc3)[nH]c2C)c(C)c1. The maximum Gasteiger partial charge on any atom is 0.322 e. The van der Waals surface area contributed by atoms with Crippen LogP contribution < -0.4 is 5.32 Å². The number of rotatable bonds is 6. The third-order valence-corrected chi connectivity index (χ3v) is 6.31. The fraction of sp³-hybridized carbons (Fsp3) is 0.370. The van der Waals surface area contributed by atoms with Crippen LogP contribution in [-0.4, -0.2) is 32.2 Å². The Bertz CT molecular complexity index is 1200. The summed E-state index contributed by atoms with van der Waals surface area (Å²) >= 11 is 1.45. The van der Waals surface area contributed by atoms with E-state index < -0.39 is 10.3 Å². The molecule has 1 aromatic heterocycles. The first-order chi connectivity index (χ1) is 15.7. The van der Waals surface area contributed by atoms with E-state index in [0.29, 0.717) is 17.2 Å². The minimum absolute atomic E-state index is 0.252. The van der Waals surface area contributed by atoms with Crippen molar-refractivity contribution < 1.29 is 14.3 Å². The molecule has 0 radical (unpaired) electrons. The Morgan fingerprint density at radius 1 is 0.971 bits per heavy atom. The minimum atomic E-state index is -0.727. The molecule has 0 atom stereocenters. The molecule has 1 heterocycles. The van der Waals surface area contributed by atoms with E-state index >= 15 is 0 Å². The Morgan fingerprint density at radius 2 is 1.62 bits per heavy atom. The quantitative estimate of drug-likeness (QED) is 0.313. The molecule has 0 bridgehead atoms. The summed E-state index contributed by atoms with van der Waals surface area (Å²) in [5, 5.41) is 2.95. The van der Waals surface area contributed by atoms with Crippen LogP contribution in [-0.2, 0) is 9.53 Å². The van der Waals surface area contributed by atoms with Gasteiger partial charge in [0.25, 0.3) is 5.91 Å². The molecule has 6 nitrogen and oxygen atoms in total. The van der Waals surface area contributed by atoms with Crippen molar-refractivity contribution in [2.24, 2.45) is 0 Å². The highest BCUT2D eigenvalue weighted by Gasteiger charge is 2.33. The van der Waals surface area contributed by atoms with Gasteiger partial charge in [0, 0.05) is 21.8 Å². The molecule has 0 unspecified atom stereocenters. The number of nitrogens with one attached hydrogen (secondary N) is 2. The first kappa shape index (κ1) is 25.6. The number of hydrogen-bond acceptors (Lipinski definition) is 5. The van der Waals surface area contributed by atoms with Crippen molar-refractivity contribution in [3.05, 3.63) is 65.0 Å². The zero-order valence-electron chi connectivity index (χ0n) is 21.1. The molecule has 1 amide bonds. The fourth-order valence-corrected chi connectivity index (χ4v) is 4.36. The van der Waals surface area contributed by atoms with Crippen LogP contribution >= 0.6 is 11.8 Å². The van der Waals surface area contributed by atoms with Crippen molar-refractivity contribution in [1.82, 2.24) is 9.97 Å². The van der Waals surface area contributed by atoms with E-state index in [0.717, 1.165) is 27.3 Å². The number of thioether (sulfide) groups is 1. The van der Waals surface area contributed by atoms with Gasteiger partial charge in [0.1, 0.15) is 21.9 Å². The highest BCUT2D eigenvalue weighted by atomic mass is 32.2. The fourth-order valence-electron chi connectivity index (χ4n) is 3.37. The smallest absolute Gasteiger partial charge is 0.322 e. The number of imidazole rings is 1. The first-order valence-corrected chi connectivity index (χ1v) is 12.0. The van der Waals surface area contributed by atoms with Gasteiger partial charge in [-0.2, -0.15) is 0 Å². The normalized spacial score (nSPS) is 11.9. The van der Waals surface area contributed by atoms with Gasteiger partial charge in [-0.3, -0.25) is 9.59 Å². The highest BCUT2D eigenvalue weighted by molar-refractivity contribution is 8.01. The van der Waals surface area contributed by atoms with Crippen LogP contribution in [0.5, 0.6) is 0 Å². The molecule has 3 rings (SSSR count). The molecule has 0 saturated carbocycles. The van der Waals surface area contributed by atoms with Gasteiger partial charge >= 0.3 is 5.97 Å². The zero-order chi connectivity index (χ0) is 25.3. The lowest BCUT2D eigenvalue weighted by atomic mass is 10.1. The van der Waals surface area contributed by atoms with Gasteiger partial charge in [-0.25, -0.2) is 4.98 Å². The van der Waals surface area contributed by atoms with Crippen molar-refractivity contribution in [2.75, 3.05) is 5.32 Å². The Morgan fingerprint density at radius 3 is 2.21 bits per heavy atom. The predicted molar refractivity (Wildman–Crippen MR) is 138 cm³/mol. The highest BCUT2D eigenvalue weighted by Crippen LogP contribution is 2.35. The Balaban J connectivity index is 1.73. The number of anilines is 1. The Kier molecular flexibility index (Phi) is 7.26. The lowest BCUT2D eigenvalue weighted by Gasteiger charge is -2.28. The number of nitrogens with zero attached hydrogens (tertiary/aromatic N) is 1. The molecular formula is C27H33N3O3S. The largest absolute Gasteiger partial charge is 0.459 e. The zero-order valence-corrected chi connectivity index (χ0v) is 21.9. The van der Waals surface area contributed by atoms with E-state index in [4.69, 9.17) is 4.74 Å². The van der Waals surface area contributed by atoms with E-state index in [1.54, 1.807) is 0 Å². The molecule has 0 aliphatic rings. The third kappa shape index (κ3) is 6.29. The summed E-state index contributed by atoms with van der Waals surface area (Å²) in [5.41, 5.74) is 4.30. The van der Waals surface area contributed by atoms with Gasteiger partial charge in [0.15, 0.2) is 0 Å². The van der Waals surface area contributed by atoms with Crippen LogP contribution in [0, 0.1) is 20.8 Å². The van der Waals surface area contributed by atoms with Crippen molar-refractivity contribution in [3.8, 4) is 11.4 Å². The van der Waals surface area contributed by atoms with Crippen LogP contribution in [0.3, 0.4) is 0 Å². The molecule has 0 aliphatic heterocycles. The third-order valence-electron chi connectivity index (χ3n) is 5.12. The molecular weight excluding hydrogens is 446 g/mol. The average molecular weight is 480 g/mol. The van der Waals surface area contributed by atoms with Crippen molar-refractivity contribution >= 4 is 29.3 Å². The number of aromatic nitrogens is 2. The van der Waals surface area contributed by atoms with E-state index in [2.05, 4.69) is 15.3 Å². The standard InChI is InChI=1S/C27H33N3O3S/c1-16-9-14-21(17(2)15-16)29-24(31)22-18(3)28-23(30-22)19-10-12-20(13-11-19)34-27(7,8)25(32)33-26(4,5)6/h9-15H,1-8H3,(H,28,30)(H,29,31).